The number of nitro groups is 1. The topological polar surface area (TPSA) is 46.4 Å². The predicted octanol–water partition coefficient (Wildman–Crippen LogP) is 4.02. The van der Waals surface area contributed by atoms with E-state index in [2.05, 4.69) is 44.4 Å². The van der Waals surface area contributed by atoms with Crippen molar-refractivity contribution in [1.82, 2.24) is 4.90 Å². The summed E-state index contributed by atoms with van der Waals surface area (Å²) in [4.78, 5) is 12.6. The van der Waals surface area contributed by atoms with Gasteiger partial charge >= 0.3 is 0 Å². The Morgan fingerprint density at radius 2 is 2.09 bits per heavy atom. The number of allylic oxidation sites excluding steroid dienone is 1. The van der Waals surface area contributed by atoms with Crippen LogP contribution in [0, 0.1) is 27.4 Å². The van der Waals surface area contributed by atoms with E-state index in [1.807, 2.05) is 18.2 Å². The minimum atomic E-state index is -0.359. The highest BCUT2D eigenvalue weighted by molar-refractivity contribution is 5.34. The molecular formula is C18H24N2O2. The zero-order valence-electron chi connectivity index (χ0n) is 13.8. The second-order valence-electron chi connectivity index (χ2n) is 6.18. The van der Waals surface area contributed by atoms with E-state index in [1.54, 1.807) is 12.1 Å². The first-order valence-corrected chi connectivity index (χ1v) is 7.45. The summed E-state index contributed by atoms with van der Waals surface area (Å²) in [6, 6.07) is 6.79. The third-order valence-electron chi connectivity index (χ3n) is 2.99. The summed E-state index contributed by atoms with van der Waals surface area (Å²) in [6.45, 7) is 10.6. The second kappa shape index (κ2) is 8.35. The van der Waals surface area contributed by atoms with Gasteiger partial charge in [0, 0.05) is 30.6 Å². The van der Waals surface area contributed by atoms with Crippen LogP contribution >= 0.6 is 0 Å². The van der Waals surface area contributed by atoms with Crippen LogP contribution in [0.25, 0.3) is 0 Å². The lowest BCUT2D eigenvalue weighted by Crippen LogP contribution is -2.22. The maximum atomic E-state index is 10.8. The fourth-order valence-corrected chi connectivity index (χ4v) is 1.85. The van der Waals surface area contributed by atoms with Crippen molar-refractivity contribution in [2.24, 2.45) is 5.41 Å². The first-order chi connectivity index (χ1) is 10.3. The van der Waals surface area contributed by atoms with Crippen LogP contribution in [0.1, 0.15) is 33.3 Å². The number of rotatable bonds is 6. The zero-order chi connectivity index (χ0) is 16.6. The molecule has 0 fully saturated rings. The first-order valence-electron chi connectivity index (χ1n) is 7.45. The molecule has 22 heavy (non-hydrogen) atoms. The molecule has 1 aromatic rings. The quantitative estimate of drug-likeness (QED) is 0.453. The van der Waals surface area contributed by atoms with Crippen molar-refractivity contribution in [1.29, 1.82) is 0 Å². The fraction of sp³-hybridized carbons (Fsp3) is 0.444. The third-order valence-corrected chi connectivity index (χ3v) is 2.99. The summed E-state index contributed by atoms with van der Waals surface area (Å²) < 4.78 is 0. The van der Waals surface area contributed by atoms with Crippen LogP contribution in [-0.4, -0.2) is 22.9 Å². The molecule has 4 nitrogen and oxygen atoms in total. The average Bonchev–Trinajstić information content (AvgIpc) is 2.44. The lowest BCUT2D eigenvalue weighted by Gasteiger charge is -2.18. The van der Waals surface area contributed by atoms with Gasteiger partial charge in [-0.2, -0.15) is 0 Å². The van der Waals surface area contributed by atoms with E-state index in [-0.39, 0.29) is 16.0 Å². The number of nitrogens with zero attached hydrogens (tertiary/aromatic N) is 2. The van der Waals surface area contributed by atoms with E-state index >= 15 is 0 Å². The molecule has 1 aromatic carbocycles. The van der Waals surface area contributed by atoms with Gasteiger partial charge in [-0.05, 0) is 39.0 Å². The van der Waals surface area contributed by atoms with E-state index < -0.39 is 0 Å². The van der Waals surface area contributed by atoms with Gasteiger partial charge in [0.05, 0.1) is 4.92 Å². The smallest absolute Gasteiger partial charge is 0.269 e. The van der Waals surface area contributed by atoms with Crippen LogP contribution in [0.2, 0.25) is 0 Å². The standard InChI is InChI=1S/C18H24N2O2/c1-5-19(13-8-6-7-12-18(2,3)4)15-16-10-9-11-17(14-16)20(21)22/h6,8-11,14H,5,13,15H2,1-4H3/b8-6+. The Bertz CT molecular complexity index is 589. The van der Waals surface area contributed by atoms with E-state index in [1.165, 1.54) is 6.07 Å². The molecule has 0 aliphatic carbocycles. The van der Waals surface area contributed by atoms with Crippen molar-refractivity contribution < 1.29 is 4.92 Å². The second-order valence-corrected chi connectivity index (χ2v) is 6.18. The lowest BCUT2D eigenvalue weighted by atomic mass is 9.98. The zero-order valence-corrected chi connectivity index (χ0v) is 13.8. The Balaban J connectivity index is 2.62. The number of hydrogen-bond donors (Lipinski definition) is 0. The highest BCUT2D eigenvalue weighted by atomic mass is 16.6. The van der Waals surface area contributed by atoms with Gasteiger partial charge < -0.3 is 0 Å². The van der Waals surface area contributed by atoms with E-state index in [9.17, 15) is 10.1 Å². The Morgan fingerprint density at radius 1 is 1.36 bits per heavy atom. The number of benzene rings is 1. The minimum absolute atomic E-state index is 0.0117. The number of non-ortho nitro benzene ring substituents is 1. The number of likely N-dealkylation sites (N-methyl/N-ethyl adjacent to an activating group) is 1. The normalized spacial score (nSPS) is 11.5. The SMILES string of the molecule is CCN(C/C=C/C#CC(C)(C)C)Cc1cccc([N+](=O)[O-])c1. The maximum Gasteiger partial charge on any atom is 0.269 e. The van der Waals surface area contributed by atoms with Crippen LogP contribution in [-0.2, 0) is 6.54 Å². The highest BCUT2D eigenvalue weighted by Crippen LogP contribution is 2.14. The Morgan fingerprint density at radius 3 is 2.68 bits per heavy atom. The molecule has 0 heterocycles. The molecule has 0 N–H and O–H groups in total. The van der Waals surface area contributed by atoms with Crippen LogP contribution in [0.5, 0.6) is 0 Å². The summed E-state index contributed by atoms with van der Waals surface area (Å²) in [7, 11) is 0. The van der Waals surface area contributed by atoms with Gasteiger partial charge in [-0.1, -0.05) is 37.0 Å². The summed E-state index contributed by atoms with van der Waals surface area (Å²) >= 11 is 0. The van der Waals surface area contributed by atoms with Gasteiger partial charge in [0.1, 0.15) is 0 Å². The Kier molecular flexibility index (Phi) is 6.81. The molecule has 118 valence electrons. The highest BCUT2D eigenvalue weighted by Gasteiger charge is 2.08. The van der Waals surface area contributed by atoms with Crippen molar-refractivity contribution in [2.75, 3.05) is 13.1 Å². The molecule has 0 radical (unpaired) electrons. The van der Waals surface area contributed by atoms with Gasteiger partial charge in [0.2, 0.25) is 0 Å². The van der Waals surface area contributed by atoms with Crippen LogP contribution in [0.15, 0.2) is 36.4 Å². The van der Waals surface area contributed by atoms with Crippen molar-refractivity contribution in [3.63, 3.8) is 0 Å². The molecule has 0 unspecified atom stereocenters. The van der Waals surface area contributed by atoms with Crippen LogP contribution in [0.4, 0.5) is 5.69 Å². The number of nitro benzene ring substituents is 1. The molecule has 1 rings (SSSR count). The van der Waals surface area contributed by atoms with Gasteiger partial charge in [0.15, 0.2) is 0 Å². The largest absolute Gasteiger partial charge is 0.296 e. The monoisotopic (exact) mass is 300 g/mol. The summed E-state index contributed by atoms with van der Waals surface area (Å²) in [5.41, 5.74) is 1.10. The van der Waals surface area contributed by atoms with Crippen molar-refractivity contribution in [2.45, 2.75) is 34.2 Å². The first kappa shape index (κ1) is 17.9. The van der Waals surface area contributed by atoms with Crippen LogP contribution < -0.4 is 0 Å². The molecule has 0 aliphatic heterocycles. The van der Waals surface area contributed by atoms with Gasteiger partial charge in [0.25, 0.3) is 5.69 Å². The molecular weight excluding hydrogens is 276 g/mol. The average molecular weight is 300 g/mol. The molecule has 0 saturated heterocycles. The minimum Gasteiger partial charge on any atom is -0.296 e. The number of hydrogen-bond acceptors (Lipinski definition) is 3. The summed E-state index contributed by atoms with van der Waals surface area (Å²) in [5.74, 6) is 6.20. The van der Waals surface area contributed by atoms with Crippen LogP contribution in [0.3, 0.4) is 0 Å². The molecule has 0 spiro atoms. The molecule has 0 aliphatic rings. The Labute approximate surface area is 133 Å². The lowest BCUT2D eigenvalue weighted by molar-refractivity contribution is -0.384. The molecule has 0 saturated carbocycles. The van der Waals surface area contributed by atoms with Crippen molar-refractivity contribution in [3.05, 3.63) is 52.1 Å². The maximum absolute atomic E-state index is 10.8. The molecule has 0 atom stereocenters. The van der Waals surface area contributed by atoms with Gasteiger partial charge in [-0.15, -0.1) is 0 Å². The van der Waals surface area contributed by atoms with Gasteiger partial charge in [-0.25, -0.2) is 0 Å². The van der Waals surface area contributed by atoms with E-state index in [0.29, 0.717) is 6.54 Å². The summed E-state index contributed by atoms with van der Waals surface area (Å²) in [6.07, 6.45) is 3.90. The molecule has 4 heteroatoms. The molecule has 0 amide bonds. The predicted molar refractivity (Wildman–Crippen MR) is 90.4 cm³/mol. The van der Waals surface area contributed by atoms with Crippen molar-refractivity contribution in [3.8, 4) is 11.8 Å². The van der Waals surface area contributed by atoms with Gasteiger partial charge in [-0.3, -0.25) is 15.0 Å². The fourth-order valence-electron chi connectivity index (χ4n) is 1.85. The summed E-state index contributed by atoms with van der Waals surface area (Å²) in [5, 5.41) is 10.8. The van der Waals surface area contributed by atoms with Crippen molar-refractivity contribution >= 4 is 5.69 Å². The van der Waals surface area contributed by atoms with E-state index in [4.69, 9.17) is 0 Å². The van der Waals surface area contributed by atoms with E-state index in [0.717, 1.165) is 18.7 Å². The Hall–Kier alpha value is -2.12. The molecule has 0 bridgehead atoms. The molecule has 0 aromatic heterocycles. The third kappa shape index (κ3) is 7.05.